The van der Waals surface area contributed by atoms with Crippen molar-refractivity contribution < 1.29 is 24.2 Å². The van der Waals surface area contributed by atoms with Crippen LogP contribution in [-0.2, 0) is 4.79 Å². The summed E-state index contributed by atoms with van der Waals surface area (Å²) in [7, 11) is 0. The molecule has 7 heteroatoms. The standard InChI is InChI=1S/C18H13NO6/c20-13-7-5-12(6-8-13)19(10-16(21)22)17(23)14-9-11-3-1-2-4-15(11)25-18(14)24/h1-9,20H,10H2,(H,21,22). The Bertz CT molecular complexity index is 1010. The van der Waals surface area contributed by atoms with Gasteiger partial charge in [0.05, 0.1) is 0 Å². The summed E-state index contributed by atoms with van der Waals surface area (Å²) >= 11 is 0. The number of phenols is 1. The van der Waals surface area contributed by atoms with Crippen molar-refractivity contribution in [2.75, 3.05) is 11.4 Å². The summed E-state index contributed by atoms with van der Waals surface area (Å²) in [5, 5.41) is 19.0. The molecule has 0 unspecified atom stereocenters. The summed E-state index contributed by atoms with van der Waals surface area (Å²) in [6.07, 6.45) is 0. The number of hydrogen-bond acceptors (Lipinski definition) is 5. The van der Waals surface area contributed by atoms with Crippen LogP contribution in [0.5, 0.6) is 5.75 Å². The number of amides is 1. The Balaban J connectivity index is 2.08. The zero-order valence-electron chi connectivity index (χ0n) is 12.9. The van der Waals surface area contributed by atoms with Crippen LogP contribution in [0.3, 0.4) is 0 Å². The van der Waals surface area contributed by atoms with Gasteiger partial charge >= 0.3 is 11.6 Å². The van der Waals surface area contributed by atoms with Crippen LogP contribution in [0.4, 0.5) is 5.69 Å². The molecule has 0 radical (unpaired) electrons. The van der Waals surface area contributed by atoms with Crippen LogP contribution in [-0.4, -0.2) is 28.6 Å². The minimum Gasteiger partial charge on any atom is -0.508 e. The number of anilines is 1. The van der Waals surface area contributed by atoms with Crippen LogP contribution in [0, 0.1) is 0 Å². The first-order valence-electron chi connectivity index (χ1n) is 7.31. The van der Waals surface area contributed by atoms with Crippen molar-refractivity contribution in [3.05, 3.63) is 70.6 Å². The second-order valence-electron chi connectivity index (χ2n) is 5.29. The molecule has 1 aromatic heterocycles. The molecule has 7 nitrogen and oxygen atoms in total. The highest BCUT2D eigenvalue weighted by Gasteiger charge is 2.24. The summed E-state index contributed by atoms with van der Waals surface area (Å²) in [6, 6.07) is 13.5. The molecule has 0 aliphatic heterocycles. The van der Waals surface area contributed by atoms with Crippen LogP contribution < -0.4 is 10.5 Å². The van der Waals surface area contributed by atoms with Crippen molar-refractivity contribution in [1.29, 1.82) is 0 Å². The number of fused-ring (bicyclic) bond motifs is 1. The van der Waals surface area contributed by atoms with E-state index in [0.29, 0.717) is 11.0 Å². The highest BCUT2D eigenvalue weighted by molar-refractivity contribution is 6.09. The Morgan fingerprint density at radius 2 is 1.72 bits per heavy atom. The van der Waals surface area contributed by atoms with E-state index in [2.05, 4.69) is 0 Å². The zero-order chi connectivity index (χ0) is 18.0. The Hall–Kier alpha value is -3.61. The molecule has 3 aromatic rings. The number of carbonyl (C=O) groups is 2. The van der Waals surface area contributed by atoms with Crippen LogP contribution in [0.2, 0.25) is 0 Å². The smallest absolute Gasteiger partial charge is 0.349 e. The molecule has 126 valence electrons. The van der Waals surface area contributed by atoms with Gasteiger partial charge < -0.3 is 14.6 Å². The summed E-state index contributed by atoms with van der Waals surface area (Å²) in [4.78, 5) is 37.0. The molecule has 2 N–H and O–H groups in total. The monoisotopic (exact) mass is 339 g/mol. The fraction of sp³-hybridized carbons (Fsp3) is 0.0556. The summed E-state index contributed by atoms with van der Waals surface area (Å²) < 4.78 is 5.13. The molecular formula is C18H13NO6. The normalized spacial score (nSPS) is 10.6. The van der Waals surface area contributed by atoms with E-state index < -0.39 is 24.0 Å². The van der Waals surface area contributed by atoms with E-state index in [1.54, 1.807) is 24.3 Å². The molecule has 2 aromatic carbocycles. The summed E-state index contributed by atoms with van der Waals surface area (Å²) in [5.41, 5.74) is -0.554. The van der Waals surface area contributed by atoms with E-state index in [1.807, 2.05) is 0 Å². The number of benzene rings is 2. The summed E-state index contributed by atoms with van der Waals surface area (Å²) in [6.45, 7) is -0.643. The second-order valence-corrected chi connectivity index (χ2v) is 5.29. The van der Waals surface area contributed by atoms with Crippen LogP contribution in [0.15, 0.2) is 63.8 Å². The average Bonchev–Trinajstić information content (AvgIpc) is 2.59. The predicted octanol–water partition coefficient (Wildman–Crippen LogP) is 2.23. The number of phenolic OH excluding ortho intramolecular Hbond substituents is 1. The first kappa shape index (κ1) is 16.3. The zero-order valence-corrected chi connectivity index (χ0v) is 12.9. The number of carboxylic acids is 1. The second kappa shape index (κ2) is 6.48. The van der Waals surface area contributed by atoms with Crippen molar-refractivity contribution in [2.45, 2.75) is 0 Å². The first-order valence-corrected chi connectivity index (χ1v) is 7.31. The molecule has 25 heavy (non-hydrogen) atoms. The number of hydrogen-bond donors (Lipinski definition) is 2. The Kier molecular flexibility index (Phi) is 4.21. The lowest BCUT2D eigenvalue weighted by molar-refractivity contribution is -0.135. The molecule has 0 spiro atoms. The highest BCUT2D eigenvalue weighted by Crippen LogP contribution is 2.21. The number of para-hydroxylation sites is 1. The minimum atomic E-state index is -1.24. The summed E-state index contributed by atoms with van der Waals surface area (Å²) in [5.74, 6) is -2.07. The van der Waals surface area contributed by atoms with Gasteiger partial charge in [0.2, 0.25) is 0 Å². The van der Waals surface area contributed by atoms with Crippen molar-refractivity contribution in [3.8, 4) is 5.75 Å². The van der Waals surface area contributed by atoms with Gasteiger partial charge in [-0.15, -0.1) is 0 Å². The first-order chi connectivity index (χ1) is 12.0. The lowest BCUT2D eigenvalue weighted by Gasteiger charge is -2.20. The van der Waals surface area contributed by atoms with Gasteiger partial charge in [0.15, 0.2) is 0 Å². The number of aliphatic carboxylic acids is 1. The van der Waals surface area contributed by atoms with Crippen molar-refractivity contribution >= 4 is 28.5 Å². The number of aromatic hydroxyl groups is 1. The maximum Gasteiger partial charge on any atom is 0.349 e. The van der Waals surface area contributed by atoms with Crippen LogP contribution in [0.1, 0.15) is 10.4 Å². The van der Waals surface area contributed by atoms with Crippen molar-refractivity contribution in [3.63, 3.8) is 0 Å². The van der Waals surface area contributed by atoms with E-state index in [4.69, 9.17) is 9.52 Å². The Morgan fingerprint density at radius 3 is 2.40 bits per heavy atom. The molecule has 1 amide bonds. The van der Waals surface area contributed by atoms with Gasteiger partial charge in [-0.2, -0.15) is 0 Å². The maximum absolute atomic E-state index is 12.8. The highest BCUT2D eigenvalue weighted by atomic mass is 16.4. The molecule has 1 heterocycles. The topological polar surface area (TPSA) is 108 Å². The third-order valence-corrected chi connectivity index (χ3v) is 3.57. The Labute approximate surface area is 141 Å². The largest absolute Gasteiger partial charge is 0.508 e. The third kappa shape index (κ3) is 3.35. The quantitative estimate of drug-likeness (QED) is 0.706. The van der Waals surface area contributed by atoms with Gasteiger partial charge in [0, 0.05) is 11.1 Å². The number of nitrogens with zero attached hydrogens (tertiary/aromatic N) is 1. The number of carboxylic acid groups (broad SMARTS) is 1. The lowest BCUT2D eigenvalue weighted by atomic mass is 10.1. The molecule has 3 rings (SSSR count). The molecule has 0 atom stereocenters. The van der Waals surface area contributed by atoms with Gasteiger partial charge in [-0.3, -0.25) is 14.5 Å². The van der Waals surface area contributed by atoms with E-state index in [-0.39, 0.29) is 17.0 Å². The minimum absolute atomic E-state index is 0.0308. The van der Waals surface area contributed by atoms with Gasteiger partial charge in [0.1, 0.15) is 23.4 Å². The Morgan fingerprint density at radius 1 is 1.04 bits per heavy atom. The fourth-order valence-corrected chi connectivity index (χ4v) is 2.40. The number of rotatable bonds is 4. The number of carbonyl (C=O) groups excluding carboxylic acids is 1. The van der Waals surface area contributed by atoms with Gasteiger partial charge in [-0.25, -0.2) is 4.79 Å². The molecule has 0 bridgehead atoms. The molecular weight excluding hydrogens is 326 g/mol. The van der Waals surface area contributed by atoms with E-state index in [0.717, 1.165) is 4.90 Å². The van der Waals surface area contributed by atoms with Gasteiger partial charge in [0.25, 0.3) is 5.91 Å². The molecule has 0 saturated carbocycles. The fourth-order valence-electron chi connectivity index (χ4n) is 2.40. The van der Waals surface area contributed by atoms with E-state index in [9.17, 15) is 19.5 Å². The lowest BCUT2D eigenvalue weighted by Crippen LogP contribution is -2.38. The predicted molar refractivity (Wildman–Crippen MR) is 89.9 cm³/mol. The van der Waals surface area contributed by atoms with Crippen molar-refractivity contribution in [1.82, 2.24) is 0 Å². The van der Waals surface area contributed by atoms with Gasteiger partial charge in [-0.1, -0.05) is 18.2 Å². The van der Waals surface area contributed by atoms with Crippen molar-refractivity contribution in [2.24, 2.45) is 0 Å². The molecule has 0 aliphatic carbocycles. The van der Waals surface area contributed by atoms with Gasteiger partial charge in [-0.05, 0) is 36.4 Å². The molecule has 0 aliphatic rings. The molecule has 0 saturated heterocycles. The van der Waals surface area contributed by atoms with Crippen LogP contribution in [0.25, 0.3) is 11.0 Å². The van der Waals surface area contributed by atoms with E-state index in [1.165, 1.54) is 30.3 Å². The third-order valence-electron chi connectivity index (χ3n) is 3.57. The maximum atomic E-state index is 12.8. The SMILES string of the molecule is O=C(O)CN(C(=O)c1cc2ccccc2oc1=O)c1ccc(O)cc1. The molecule has 0 fully saturated rings. The van der Waals surface area contributed by atoms with Crippen LogP contribution >= 0.6 is 0 Å². The van der Waals surface area contributed by atoms with E-state index >= 15 is 0 Å². The average molecular weight is 339 g/mol.